The van der Waals surface area contributed by atoms with Crippen molar-refractivity contribution in [2.75, 3.05) is 24.7 Å². The van der Waals surface area contributed by atoms with Crippen molar-refractivity contribution in [2.24, 2.45) is 5.92 Å². The van der Waals surface area contributed by atoms with E-state index in [2.05, 4.69) is 10.6 Å². The number of amides is 1. The summed E-state index contributed by atoms with van der Waals surface area (Å²) in [6, 6.07) is 8.00. The van der Waals surface area contributed by atoms with Crippen molar-refractivity contribution in [3.05, 3.63) is 24.3 Å². The molecule has 1 saturated heterocycles. The molecule has 0 aromatic heterocycles. The predicted octanol–water partition coefficient (Wildman–Crippen LogP) is 3.13. The maximum absolute atomic E-state index is 11.9. The highest BCUT2D eigenvalue weighted by atomic mass is 32.2. The number of rotatable bonds is 5. The molecule has 0 radical (unpaired) electrons. The predicted molar refractivity (Wildman–Crippen MR) is 81.7 cm³/mol. The van der Waals surface area contributed by atoms with Crippen LogP contribution in [0.25, 0.3) is 0 Å². The third-order valence-corrected chi connectivity index (χ3v) is 4.36. The molecule has 0 saturated carbocycles. The lowest BCUT2D eigenvalue weighted by molar-refractivity contribution is -0.116. The fraction of sp³-hybridized carbons (Fsp3) is 0.533. The van der Waals surface area contributed by atoms with Crippen molar-refractivity contribution in [2.45, 2.75) is 30.6 Å². The standard InChI is InChI=1S/C15H22N2OS/c1-19-14-5-3-13(4-6-14)17-15(18)7-2-12-8-10-16-11-9-12/h3-6,12,16H,2,7-11H2,1H3,(H,17,18). The first-order chi connectivity index (χ1) is 9.28. The number of piperidine rings is 1. The summed E-state index contributed by atoms with van der Waals surface area (Å²) >= 11 is 1.71. The van der Waals surface area contributed by atoms with E-state index in [4.69, 9.17) is 0 Å². The van der Waals surface area contributed by atoms with E-state index in [-0.39, 0.29) is 5.91 Å². The van der Waals surface area contributed by atoms with Crippen molar-refractivity contribution in [1.29, 1.82) is 0 Å². The summed E-state index contributed by atoms with van der Waals surface area (Å²) in [7, 11) is 0. The first kappa shape index (κ1) is 14.4. The van der Waals surface area contributed by atoms with E-state index >= 15 is 0 Å². The van der Waals surface area contributed by atoms with Crippen LogP contribution in [0.4, 0.5) is 5.69 Å². The Bertz CT molecular complexity index is 399. The number of carbonyl (C=O) groups is 1. The molecule has 1 aliphatic heterocycles. The van der Waals surface area contributed by atoms with Gasteiger partial charge in [0, 0.05) is 17.0 Å². The molecular weight excluding hydrogens is 256 g/mol. The smallest absolute Gasteiger partial charge is 0.224 e. The zero-order valence-corrected chi connectivity index (χ0v) is 12.3. The molecule has 0 spiro atoms. The molecule has 1 aromatic rings. The summed E-state index contributed by atoms with van der Waals surface area (Å²) < 4.78 is 0. The number of hydrogen-bond donors (Lipinski definition) is 2. The molecule has 0 aliphatic carbocycles. The van der Waals surface area contributed by atoms with Crippen LogP contribution in [0.5, 0.6) is 0 Å². The summed E-state index contributed by atoms with van der Waals surface area (Å²) in [6.07, 6.45) is 6.10. The van der Waals surface area contributed by atoms with Crippen LogP contribution in [0.2, 0.25) is 0 Å². The minimum atomic E-state index is 0.135. The van der Waals surface area contributed by atoms with Crippen LogP contribution in [0.1, 0.15) is 25.7 Å². The van der Waals surface area contributed by atoms with E-state index in [0.717, 1.165) is 25.2 Å². The van der Waals surface area contributed by atoms with Crippen LogP contribution in [0, 0.1) is 5.92 Å². The zero-order valence-electron chi connectivity index (χ0n) is 11.4. The average molecular weight is 278 g/mol. The minimum Gasteiger partial charge on any atom is -0.326 e. The highest BCUT2D eigenvalue weighted by Crippen LogP contribution is 2.20. The first-order valence-electron chi connectivity index (χ1n) is 6.92. The topological polar surface area (TPSA) is 41.1 Å². The number of thioether (sulfide) groups is 1. The quantitative estimate of drug-likeness (QED) is 0.813. The van der Waals surface area contributed by atoms with Crippen molar-refractivity contribution in [3.8, 4) is 0 Å². The summed E-state index contributed by atoms with van der Waals surface area (Å²) in [5.41, 5.74) is 0.896. The molecule has 19 heavy (non-hydrogen) atoms. The Hall–Kier alpha value is -1.00. The van der Waals surface area contributed by atoms with E-state index in [1.807, 2.05) is 30.5 Å². The van der Waals surface area contributed by atoms with Gasteiger partial charge in [-0.25, -0.2) is 0 Å². The molecule has 0 atom stereocenters. The Morgan fingerprint density at radius 1 is 1.32 bits per heavy atom. The van der Waals surface area contributed by atoms with Crippen molar-refractivity contribution < 1.29 is 4.79 Å². The average Bonchev–Trinajstić information content (AvgIpc) is 2.47. The monoisotopic (exact) mass is 278 g/mol. The van der Waals surface area contributed by atoms with Gasteiger partial charge < -0.3 is 10.6 Å². The van der Waals surface area contributed by atoms with E-state index < -0.39 is 0 Å². The highest BCUT2D eigenvalue weighted by molar-refractivity contribution is 7.98. The summed E-state index contributed by atoms with van der Waals surface area (Å²) in [6.45, 7) is 2.20. The second kappa shape index (κ2) is 7.56. The molecule has 4 heteroatoms. The van der Waals surface area contributed by atoms with Crippen molar-refractivity contribution >= 4 is 23.4 Å². The fourth-order valence-corrected chi connectivity index (χ4v) is 2.81. The van der Waals surface area contributed by atoms with E-state index in [1.165, 1.54) is 17.7 Å². The normalized spacial score (nSPS) is 16.3. The molecular formula is C15H22N2OS. The highest BCUT2D eigenvalue weighted by Gasteiger charge is 2.14. The van der Waals surface area contributed by atoms with Gasteiger partial charge in [0.05, 0.1) is 0 Å². The van der Waals surface area contributed by atoms with Gasteiger partial charge in [0.2, 0.25) is 5.91 Å². The summed E-state index contributed by atoms with van der Waals surface area (Å²) in [5, 5.41) is 6.32. The Balaban J connectivity index is 1.73. The molecule has 3 nitrogen and oxygen atoms in total. The molecule has 1 amide bonds. The second-order valence-electron chi connectivity index (χ2n) is 5.01. The lowest BCUT2D eigenvalue weighted by atomic mass is 9.93. The largest absolute Gasteiger partial charge is 0.326 e. The van der Waals surface area contributed by atoms with E-state index in [0.29, 0.717) is 12.3 Å². The molecule has 2 N–H and O–H groups in total. The van der Waals surface area contributed by atoms with Gasteiger partial charge in [-0.1, -0.05) is 0 Å². The zero-order chi connectivity index (χ0) is 13.5. The van der Waals surface area contributed by atoms with Crippen LogP contribution in [-0.2, 0) is 4.79 Å². The summed E-state index contributed by atoms with van der Waals surface area (Å²) in [4.78, 5) is 13.1. The lowest BCUT2D eigenvalue weighted by Crippen LogP contribution is -2.28. The van der Waals surface area contributed by atoms with Gasteiger partial charge in [-0.3, -0.25) is 4.79 Å². The van der Waals surface area contributed by atoms with Gasteiger partial charge in [-0.2, -0.15) is 0 Å². The minimum absolute atomic E-state index is 0.135. The maximum Gasteiger partial charge on any atom is 0.224 e. The molecule has 1 fully saturated rings. The van der Waals surface area contributed by atoms with Crippen molar-refractivity contribution in [3.63, 3.8) is 0 Å². The summed E-state index contributed by atoms with van der Waals surface area (Å²) in [5.74, 6) is 0.848. The molecule has 1 aliphatic rings. The molecule has 0 bridgehead atoms. The number of carbonyl (C=O) groups excluding carboxylic acids is 1. The molecule has 104 valence electrons. The number of benzene rings is 1. The van der Waals surface area contributed by atoms with E-state index in [9.17, 15) is 4.79 Å². The third-order valence-electron chi connectivity index (χ3n) is 3.61. The Morgan fingerprint density at radius 2 is 2.00 bits per heavy atom. The maximum atomic E-state index is 11.9. The van der Waals surface area contributed by atoms with Gasteiger partial charge in [0.15, 0.2) is 0 Å². The first-order valence-corrected chi connectivity index (χ1v) is 8.15. The van der Waals surface area contributed by atoms with Gasteiger partial charge in [0.25, 0.3) is 0 Å². The molecule has 1 aromatic carbocycles. The molecule has 1 heterocycles. The number of nitrogens with one attached hydrogen (secondary N) is 2. The second-order valence-corrected chi connectivity index (χ2v) is 5.89. The van der Waals surface area contributed by atoms with Gasteiger partial charge >= 0.3 is 0 Å². The molecule has 2 rings (SSSR count). The lowest BCUT2D eigenvalue weighted by Gasteiger charge is -2.22. The van der Waals surface area contributed by atoms with Crippen LogP contribution in [0.15, 0.2) is 29.2 Å². The van der Waals surface area contributed by atoms with Gasteiger partial charge in [0.1, 0.15) is 0 Å². The SMILES string of the molecule is CSc1ccc(NC(=O)CCC2CCNCC2)cc1. The van der Waals surface area contributed by atoms with Crippen LogP contribution < -0.4 is 10.6 Å². The fourth-order valence-electron chi connectivity index (χ4n) is 2.40. The van der Waals surface area contributed by atoms with E-state index in [1.54, 1.807) is 11.8 Å². The van der Waals surface area contributed by atoms with Crippen LogP contribution >= 0.6 is 11.8 Å². The number of hydrogen-bond acceptors (Lipinski definition) is 3. The Kier molecular flexibility index (Phi) is 5.73. The van der Waals surface area contributed by atoms with Gasteiger partial charge in [-0.05, 0) is 68.8 Å². The van der Waals surface area contributed by atoms with Gasteiger partial charge in [-0.15, -0.1) is 11.8 Å². The third kappa shape index (κ3) is 4.88. The van der Waals surface area contributed by atoms with Crippen molar-refractivity contribution in [1.82, 2.24) is 5.32 Å². The molecule has 0 unspecified atom stereocenters. The Morgan fingerprint density at radius 3 is 2.63 bits per heavy atom. The van der Waals surface area contributed by atoms with Crippen LogP contribution in [0.3, 0.4) is 0 Å². The van der Waals surface area contributed by atoms with Crippen LogP contribution in [-0.4, -0.2) is 25.3 Å². The number of anilines is 1. The Labute approximate surface area is 119 Å².